The Labute approximate surface area is 272 Å². The number of rotatable bonds is 5. The topological polar surface area (TPSA) is 172 Å². The first-order chi connectivity index (χ1) is 22.8. The number of hydrogen-bond acceptors (Lipinski definition) is 11. The summed E-state index contributed by atoms with van der Waals surface area (Å²) in [6, 6.07) is 21.3. The van der Waals surface area contributed by atoms with Crippen molar-refractivity contribution in [3.8, 4) is 45.6 Å². The van der Waals surface area contributed by atoms with Crippen LogP contribution >= 0.6 is 0 Å². The number of nitrogens with two attached hydrogens (primary N) is 1. The molecule has 0 amide bonds. The van der Waals surface area contributed by atoms with Crippen molar-refractivity contribution in [1.29, 1.82) is 0 Å². The van der Waals surface area contributed by atoms with Gasteiger partial charge in [0.25, 0.3) is 5.69 Å². The molecule has 0 radical (unpaired) electrons. The lowest BCUT2D eigenvalue weighted by Gasteiger charge is -2.06. The van der Waals surface area contributed by atoms with E-state index < -0.39 is 28.4 Å². The SMILES string of the molecule is C.Nc1cccc(-c2nnc(-c3ccc(C(F)(F)F)cc3)nn2)c1.O=[N+]([O-])c1cccc(-c2nnc(-c3ccc(C(F)(F)F)cc3)nn2)c1. The second-order valence-corrected chi connectivity index (χ2v) is 9.68. The fraction of sp³-hybridized carbons (Fsp3) is 0.0968. The number of aromatic nitrogens is 8. The van der Waals surface area contributed by atoms with Crippen molar-refractivity contribution < 1.29 is 31.3 Å². The Bertz CT molecular complexity index is 2020. The number of nitro benzene ring substituents is 1. The van der Waals surface area contributed by atoms with Crippen molar-refractivity contribution in [2.24, 2.45) is 0 Å². The van der Waals surface area contributed by atoms with E-state index in [1.54, 1.807) is 30.3 Å². The molecule has 4 aromatic carbocycles. The summed E-state index contributed by atoms with van der Waals surface area (Å²) in [4.78, 5) is 10.2. The monoisotopic (exact) mass is 680 g/mol. The smallest absolute Gasteiger partial charge is 0.399 e. The Hall–Kier alpha value is -6.46. The van der Waals surface area contributed by atoms with E-state index in [1.807, 2.05) is 0 Å². The lowest BCUT2D eigenvalue weighted by molar-refractivity contribution is -0.384. The minimum atomic E-state index is -4.43. The predicted molar refractivity (Wildman–Crippen MR) is 165 cm³/mol. The lowest BCUT2D eigenvalue weighted by atomic mass is 10.1. The Balaban J connectivity index is 0.000000217. The third kappa shape index (κ3) is 8.88. The van der Waals surface area contributed by atoms with E-state index in [0.717, 1.165) is 24.3 Å². The van der Waals surface area contributed by atoms with Gasteiger partial charge < -0.3 is 5.73 Å². The maximum atomic E-state index is 12.5. The van der Waals surface area contributed by atoms with Gasteiger partial charge in [0.15, 0.2) is 0 Å². The Morgan fingerprint density at radius 3 is 1.20 bits per heavy atom. The molecule has 6 rings (SSSR count). The van der Waals surface area contributed by atoms with Crippen molar-refractivity contribution in [3.63, 3.8) is 0 Å². The van der Waals surface area contributed by atoms with Gasteiger partial charge in [-0.3, -0.25) is 10.1 Å². The molecule has 49 heavy (non-hydrogen) atoms. The molecule has 0 aliphatic carbocycles. The summed E-state index contributed by atoms with van der Waals surface area (Å²) in [6.07, 6.45) is -8.81. The van der Waals surface area contributed by atoms with Gasteiger partial charge in [-0.15, -0.1) is 40.8 Å². The molecule has 0 spiro atoms. The minimum Gasteiger partial charge on any atom is -0.399 e. The van der Waals surface area contributed by atoms with Gasteiger partial charge >= 0.3 is 12.4 Å². The standard InChI is InChI=1S/C15H8F3N5O2.C15H10F3N5.CH4/c16-15(17,18)11-6-4-9(5-7-11)13-19-21-14(22-20-13)10-2-1-3-12(8-10)23(24)25;16-15(17,18)11-6-4-9(5-7-11)13-20-22-14(23-21-13)10-2-1-3-12(19)8-10;/h1-8H;1-8H,19H2;1H4. The van der Waals surface area contributed by atoms with Gasteiger partial charge in [0.05, 0.1) is 16.1 Å². The highest BCUT2D eigenvalue weighted by molar-refractivity contribution is 5.62. The van der Waals surface area contributed by atoms with E-state index in [9.17, 15) is 36.5 Å². The molecule has 2 aromatic heterocycles. The summed E-state index contributed by atoms with van der Waals surface area (Å²) in [5, 5.41) is 41.7. The van der Waals surface area contributed by atoms with E-state index in [4.69, 9.17) is 5.73 Å². The number of nitro groups is 1. The zero-order chi connectivity index (χ0) is 34.5. The van der Waals surface area contributed by atoms with Gasteiger partial charge in [-0.25, -0.2) is 0 Å². The third-order valence-corrected chi connectivity index (χ3v) is 6.36. The third-order valence-electron chi connectivity index (χ3n) is 6.36. The molecule has 0 saturated heterocycles. The van der Waals surface area contributed by atoms with E-state index in [2.05, 4.69) is 40.8 Å². The number of benzene rings is 4. The molecule has 0 atom stereocenters. The number of halogens is 6. The van der Waals surface area contributed by atoms with E-state index in [0.29, 0.717) is 27.9 Å². The van der Waals surface area contributed by atoms with Gasteiger partial charge in [-0.05, 0) is 36.4 Å². The van der Waals surface area contributed by atoms with Gasteiger partial charge in [0, 0.05) is 40.1 Å². The van der Waals surface area contributed by atoms with Crippen molar-refractivity contribution in [3.05, 3.63) is 118 Å². The van der Waals surface area contributed by atoms with Gasteiger partial charge in [0.1, 0.15) is 0 Å². The fourth-order valence-corrected chi connectivity index (χ4v) is 3.97. The van der Waals surface area contributed by atoms with Crippen LogP contribution in [-0.2, 0) is 12.4 Å². The van der Waals surface area contributed by atoms with Crippen molar-refractivity contribution >= 4 is 11.4 Å². The highest BCUT2D eigenvalue weighted by atomic mass is 19.4. The van der Waals surface area contributed by atoms with Gasteiger partial charge in [-0.2, -0.15) is 26.3 Å². The number of hydrogen-bond donors (Lipinski definition) is 1. The van der Waals surface area contributed by atoms with E-state index >= 15 is 0 Å². The Morgan fingerprint density at radius 1 is 0.510 bits per heavy atom. The highest BCUT2D eigenvalue weighted by Gasteiger charge is 2.31. The predicted octanol–water partition coefficient (Wildman–Crippen LogP) is 7.37. The average molecular weight is 681 g/mol. The molecule has 0 unspecified atom stereocenters. The fourth-order valence-electron chi connectivity index (χ4n) is 3.97. The molecule has 2 N–H and O–H groups in total. The Kier molecular flexibility index (Phi) is 10.5. The number of alkyl halides is 6. The first kappa shape index (κ1) is 35.4. The van der Waals surface area contributed by atoms with Crippen LogP contribution in [0.25, 0.3) is 45.6 Å². The molecule has 12 nitrogen and oxygen atoms in total. The Morgan fingerprint density at radius 2 is 0.857 bits per heavy atom. The second kappa shape index (κ2) is 14.5. The highest BCUT2D eigenvalue weighted by Crippen LogP contribution is 2.31. The molecule has 0 aliphatic rings. The van der Waals surface area contributed by atoms with Gasteiger partial charge in [-0.1, -0.05) is 56.0 Å². The maximum absolute atomic E-state index is 12.5. The molecule has 2 heterocycles. The second-order valence-electron chi connectivity index (χ2n) is 9.68. The normalized spacial score (nSPS) is 11.1. The largest absolute Gasteiger partial charge is 0.416 e. The number of non-ortho nitro benzene ring substituents is 1. The van der Waals surface area contributed by atoms with Crippen LogP contribution in [0.2, 0.25) is 0 Å². The maximum Gasteiger partial charge on any atom is 0.416 e. The minimum absolute atomic E-state index is 0. The molecular formula is C31H22F6N10O2. The van der Waals surface area contributed by atoms with Crippen LogP contribution < -0.4 is 5.73 Å². The van der Waals surface area contributed by atoms with Crippen LogP contribution in [0.4, 0.5) is 37.7 Å². The van der Waals surface area contributed by atoms with Crippen LogP contribution in [-0.4, -0.2) is 45.7 Å². The zero-order valence-electron chi connectivity index (χ0n) is 23.9. The van der Waals surface area contributed by atoms with Crippen molar-refractivity contribution in [1.82, 2.24) is 40.8 Å². The van der Waals surface area contributed by atoms with Crippen molar-refractivity contribution in [2.75, 3.05) is 5.73 Å². The summed E-state index contributed by atoms with van der Waals surface area (Å²) < 4.78 is 75.2. The van der Waals surface area contributed by atoms with Gasteiger partial charge in [0.2, 0.25) is 23.3 Å². The quantitative estimate of drug-likeness (QED) is 0.0834. The summed E-state index contributed by atoms with van der Waals surface area (Å²) in [6.45, 7) is 0. The van der Waals surface area contributed by atoms with Crippen LogP contribution in [0.15, 0.2) is 97.1 Å². The molecule has 0 aliphatic heterocycles. The van der Waals surface area contributed by atoms with E-state index in [-0.39, 0.29) is 36.4 Å². The number of nitrogens with zero attached hydrogens (tertiary/aromatic N) is 9. The van der Waals surface area contributed by atoms with Crippen LogP contribution in [0.1, 0.15) is 18.6 Å². The van der Waals surface area contributed by atoms with E-state index in [1.165, 1.54) is 42.5 Å². The van der Waals surface area contributed by atoms with Crippen LogP contribution in [0.3, 0.4) is 0 Å². The molecule has 6 aromatic rings. The summed E-state index contributed by atoms with van der Waals surface area (Å²) in [5.74, 6) is 0.543. The summed E-state index contributed by atoms with van der Waals surface area (Å²) in [5.41, 5.74) is 6.31. The zero-order valence-corrected chi connectivity index (χ0v) is 23.9. The summed E-state index contributed by atoms with van der Waals surface area (Å²) >= 11 is 0. The lowest BCUT2D eigenvalue weighted by Crippen LogP contribution is -2.04. The molecule has 250 valence electrons. The van der Waals surface area contributed by atoms with Crippen LogP contribution in [0.5, 0.6) is 0 Å². The first-order valence-electron chi connectivity index (χ1n) is 13.4. The van der Waals surface area contributed by atoms with Crippen molar-refractivity contribution in [2.45, 2.75) is 19.8 Å². The first-order valence-corrected chi connectivity index (χ1v) is 13.4. The molecule has 18 heteroatoms. The number of anilines is 1. The van der Waals surface area contributed by atoms with Crippen LogP contribution in [0, 0.1) is 10.1 Å². The molecule has 0 fully saturated rings. The summed E-state index contributed by atoms with van der Waals surface area (Å²) in [7, 11) is 0. The average Bonchev–Trinajstić information content (AvgIpc) is 3.08. The number of nitrogen functional groups attached to an aromatic ring is 1. The molecular weight excluding hydrogens is 658 g/mol. The molecule has 0 bridgehead atoms. The molecule has 0 saturated carbocycles.